The van der Waals surface area contributed by atoms with Crippen molar-refractivity contribution in [3.8, 4) is 0 Å². The molecule has 2 heterocycles. The van der Waals surface area contributed by atoms with Crippen molar-refractivity contribution in [2.24, 2.45) is 0 Å². The maximum absolute atomic E-state index is 12.1. The molecule has 0 saturated carbocycles. The maximum atomic E-state index is 12.1. The zero-order valence-electron chi connectivity index (χ0n) is 11.4. The number of rotatable bonds is 3. The van der Waals surface area contributed by atoms with Crippen molar-refractivity contribution < 1.29 is 4.79 Å². The summed E-state index contributed by atoms with van der Waals surface area (Å²) < 4.78 is 1.30. The lowest BCUT2D eigenvalue weighted by atomic mass is 10.0. The van der Waals surface area contributed by atoms with Gasteiger partial charge in [-0.2, -0.15) is 0 Å². The Hall–Kier alpha value is -2.08. The van der Waals surface area contributed by atoms with Crippen molar-refractivity contribution >= 4 is 17.7 Å². The first kappa shape index (κ1) is 13.9. The molecular formula is C15H15N3O2S. The lowest BCUT2D eigenvalue weighted by Gasteiger charge is -2.25. The van der Waals surface area contributed by atoms with Crippen molar-refractivity contribution in [2.75, 3.05) is 5.75 Å². The van der Waals surface area contributed by atoms with Gasteiger partial charge < -0.3 is 5.32 Å². The molecule has 0 bridgehead atoms. The molecule has 0 aliphatic carbocycles. The Morgan fingerprint density at radius 3 is 3.10 bits per heavy atom. The van der Waals surface area contributed by atoms with Gasteiger partial charge in [0.25, 0.3) is 0 Å². The number of nitrogens with zero attached hydrogens (tertiary/aromatic N) is 2. The van der Waals surface area contributed by atoms with Gasteiger partial charge in [0.05, 0.1) is 6.04 Å². The third-order valence-electron chi connectivity index (χ3n) is 3.39. The summed E-state index contributed by atoms with van der Waals surface area (Å²) in [4.78, 5) is 28.5. The van der Waals surface area contributed by atoms with Gasteiger partial charge in [0.1, 0.15) is 6.54 Å². The Kier molecular flexibility index (Phi) is 4.06. The number of carbonyl (C=O) groups is 1. The van der Waals surface area contributed by atoms with Crippen molar-refractivity contribution in [3.63, 3.8) is 0 Å². The van der Waals surface area contributed by atoms with Gasteiger partial charge in [-0.05, 0) is 24.1 Å². The van der Waals surface area contributed by atoms with E-state index < -0.39 is 5.69 Å². The Labute approximate surface area is 126 Å². The quantitative estimate of drug-likeness (QED) is 0.935. The minimum Gasteiger partial charge on any atom is -0.348 e. The monoisotopic (exact) mass is 301 g/mol. The zero-order chi connectivity index (χ0) is 14.7. The predicted octanol–water partition coefficient (Wildman–Crippen LogP) is 1.60. The first-order chi connectivity index (χ1) is 10.2. The SMILES string of the molecule is O=C(Cn1cccnc1=O)N[C@@H]1CCSc2ccccc21. The van der Waals surface area contributed by atoms with E-state index in [2.05, 4.69) is 16.4 Å². The second kappa shape index (κ2) is 6.13. The normalized spacial score (nSPS) is 17.0. The number of thioether (sulfide) groups is 1. The molecule has 21 heavy (non-hydrogen) atoms. The minimum atomic E-state index is -0.410. The number of amides is 1. The van der Waals surface area contributed by atoms with E-state index >= 15 is 0 Å². The number of fused-ring (bicyclic) bond motifs is 1. The molecule has 0 fully saturated rings. The van der Waals surface area contributed by atoms with Gasteiger partial charge in [-0.1, -0.05) is 18.2 Å². The molecule has 5 nitrogen and oxygen atoms in total. The molecule has 6 heteroatoms. The summed E-state index contributed by atoms with van der Waals surface area (Å²) in [6.45, 7) is -0.00150. The highest BCUT2D eigenvalue weighted by Crippen LogP contribution is 2.35. The van der Waals surface area contributed by atoms with E-state index in [1.807, 2.05) is 30.0 Å². The van der Waals surface area contributed by atoms with Crippen LogP contribution >= 0.6 is 11.8 Å². The van der Waals surface area contributed by atoms with E-state index in [4.69, 9.17) is 0 Å². The summed E-state index contributed by atoms with van der Waals surface area (Å²) >= 11 is 1.81. The summed E-state index contributed by atoms with van der Waals surface area (Å²) in [7, 11) is 0. The van der Waals surface area contributed by atoms with Crippen LogP contribution < -0.4 is 11.0 Å². The van der Waals surface area contributed by atoms with Crippen LogP contribution in [-0.4, -0.2) is 21.2 Å². The molecule has 2 aromatic rings. The van der Waals surface area contributed by atoms with Crippen LogP contribution in [0.5, 0.6) is 0 Å². The fourth-order valence-electron chi connectivity index (χ4n) is 2.39. The number of hydrogen-bond donors (Lipinski definition) is 1. The molecular weight excluding hydrogens is 286 g/mol. The number of hydrogen-bond acceptors (Lipinski definition) is 4. The molecule has 1 atom stereocenters. The van der Waals surface area contributed by atoms with Crippen molar-refractivity contribution in [2.45, 2.75) is 23.9 Å². The van der Waals surface area contributed by atoms with E-state index in [1.165, 1.54) is 15.7 Å². The van der Waals surface area contributed by atoms with Gasteiger partial charge in [-0.15, -0.1) is 11.8 Å². The second-order valence-electron chi connectivity index (χ2n) is 4.83. The molecule has 0 radical (unpaired) electrons. The molecule has 0 spiro atoms. The smallest absolute Gasteiger partial charge is 0.347 e. The topological polar surface area (TPSA) is 64.0 Å². The summed E-state index contributed by atoms with van der Waals surface area (Å²) in [5.41, 5.74) is 0.743. The number of benzene rings is 1. The third-order valence-corrected chi connectivity index (χ3v) is 4.51. The van der Waals surface area contributed by atoms with Gasteiger partial charge in [-0.25, -0.2) is 9.78 Å². The number of carbonyl (C=O) groups excluding carboxylic acids is 1. The number of nitrogens with one attached hydrogen (secondary N) is 1. The predicted molar refractivity (Wildman–Crippen MR) is 81.2 cm³/mol. The highest BCUT2D eigenvalue weighted by Gasteiger charge is 2.21. The lowest BCUT2D eigenvalue weighted by Crippen LogP contribution is -2.36. The molecule has 3 rings (SSSR count). The standard InChI is InChI=1S/C15H15N3O2S/c19-14(10-18-8-3-7-16-15(18)20)17-12-6-9-21-13-5-2-1-4-11(12)13/h1-5,7-8,12H,6,9-10H2,(H,17,19)/t12-/m1/s1. The highest BCUT2D eigenvalue weighted by molar-refractivity contribution is 7.99. The summed E-state index contributed by atoms with van der Waals surface area (Å²) in [6.07, 6.45) is 3.89. The molecule has 1 aromatic heterocycles. The molecule has 1 aliphatic rings. The average Bonchev–Trinajstić information content (AvgIpc) is 2.50. The van der Waals surface area contributed by atoms with Crippen LogP contribution in [0.1, 0.15) is 18.0 Å². The fraction of sp³-hybridized carbons (Fsp3) is 0.267. The van der Waals surface area contributed by atoms with Crippen LogP contribution in [0, 0.1) is 0 Å². The van der Waals surface area contributed by atoms with E-state index in [0.717, 1.165) is 17.7 Å². The molecule has 1 aromatic carbocycles. The molecule has 0 unspecified atom stereocenters. The molecule has 1 amide bonds. The van der Waals surface area contributed by atoms with E-state index in [-0.39, 0.29) is 18.5 Å². The Bertz CT molecular complexity index is 714. The third kappa shape index (κ3) is 3.16. The van der Waals surface area contributed by atoms with Crippen LogP contribution in [0.4, 0.5) is 0 Å². The van der Waals surface area contributed by atoms with E-state index in [9.17, 15) is 9.59 Å². The second-order valence-corrected chi connectivity index (χ2v) is 5.96. The molecule has 108 valence electrons. The van der Waals surface area contributed by atoms with Crippen molar-refractivity contribution in [1.29, 1.82) is 0 Å². The Balaban J connectivity index is 1.72. The average molecular weight is 301 g/mol. The van der Waals surface area contributed by atoms with E-state index in [1.54, 1.807) is 12.3 Å². The molecule has 1 aliphatic heterocycles. The van der Waals surface area contributed by atoms with Crippen LogP contribution in [0.25, 0.3) is 0 Å². The number of aromatic nitrogens is 2. The first-order valence-electron chi connectivity index (χ1n) is 6.76. The maximum Gasteiger partial charge on any atom is 0.347 e. The van der Waals surface area contributed by atoms with Crippen LogP contribution in [0.15, 0.2) is 52.4 Å². The van der Waals surface area contributed by atoms with Gasteiger partial charge in [0, 0.05) is 23.0 Å². The van der Waals surface area contributed by atoms with Gasteiger partial charge in [-0.3, -0.25) is 9.36 Å². The largest absolute Gasteiger partial charge is 0.348 e. The van der Waals surface area contributed by atoms with Crippen LogP contribution in [0.3, 0.4) is 0 Å². The minimum absolute atomic E-state index is 0.00150. The van der Waals surface area contributed by atoms with Gasteiger partial charge in [0.15, 0.2) is 0 Å². The van der Waals surface area contributed by atoms with Crippen molar-refractivity contribution in [1.82, 2.24) is 14.9 Å². The van der Waals surface area contributed by atoms with Gasteiger partial charge in [0.2, 0.25) is 5.91 Å². The first-order valence-corrected chi connectivity index (χ1v) is 7.75. The van der Waals surface area contributed by atoms with Crippen LogP contribution in [-0.2, 0) is 11.3 Å². The summed E-state index contributed by atoms with van der Waals surface area (Å²) in [5.74, 6) is 0.811. The zero-order valence-corrected chi connectivity index (χ0v) is 12.2. The Morgan fingerprint density at radius 1 is 1.38 bits per heavy atom. The Morgan fingerprint density at radius 2 is 2.24 bits per heavy atom. The van der Waals surface area contributed by atoms with Crippen LogP contribution in [0.2, 0.25) is 0 Å². The lowest BCUT2D eigenvalue weighted by molar-refractivity contribution is -0.122. The fourth-order valence-corrected chi connectivity index (χ4v) is 3.52. The van der Waals surface area contributed by atoms with E-state index in [0.29, 0.717) is 0 Å². The highest BCUT2D eigenvalue weighted by atomic mass is 32.2. The summed E-state index contributed by atoms with van der Waals surface area (Å²) in [5, 5.41) is 3.01. The molecule has 0 saturated heterocycles. The van der Waals surface area contributed by atoms with Gasteiger partial charge >= 0.3 is 5.69 Å². The summed E-state index contributed by atoms with van der Waals surface area (Å²) in [6, 6.07) is 9.76. The van der Waals surface area contributed by atoms with Crippen molar-refractivity contribution in [3.05, 3.63) is 58.8 Å². The molecule has 1 N–H and O–H groups in total.